The number of hydrogen-bond acceptors (Lipinski definition) is 4. The average molecular weight is 328 g/mol. The second-order valence-corrected chi connectivity index (χ2v) is 5.65. The number of benzene rings is 2. The van der Waals surface area contributed by atoms with Crippen molar-refractivity contribution in [3.8, 4) is 6.07 Å². The second-order valence-electron chi connectivity index (χ2n) is 5.65. The Hall–Kier alpha value is -3.72. The van der Waals surface area contributed by atoms with Crippen molar-refractivity contribution in [2.24, 2.45) is 0 Å². The van der Waals surface area contributed by atoms with Crippen molar-refractivity contribution >= 4 is 39.6 Å². The van der Waals surface area contributed by atoms with Gasteiger partial charge in [0.25, 0.3) is 0 Å². The number of hydrogen-bond donors (Lipinski definition) is 1. The molecule has 1 aromatic heterocycles. The summed E-state index contributed by atoms with van der Waals surface area (Å²) >= 11 is 0. The largest absolute Gasteiger partial charge is 0.323 e. The Labute approximate surface area is 143 Å². The third kappa shape index (κ3) is 2.48. The van der Waals surface area contributed by atoms with E-state index >= 15 is 0 Å². The van der Waals surface area contributed by atoms with E-state index < -0.39 is 0 Å². The monoisotopic (exact) mass is 328 g/mol. The van der Waals surface area contributed by atoms with E-state index in [9.17, 15) is 9.59 Å². The third-order valence-electron chi connectivity index (χ3n) is 4.09. The summed E-state index contributed by atoms with van der Waals surface area (Å²) in [4.78, 5) is 30.3. The van der Waals surface area contributed by atoms with Gasteiger partial charge in [0.2, 0.25) is 11.8 Å². The molecule has 25 heavy (non-hydrogen) atoms. The molecule has 2 aromatic carbocycles. The van der Waals surface area contributed by atoms with Crippen molar-refractivity contribution < 1.29 is 9.59 Å². The first-order valence-corrected chi connectivity index (χ1v) is 7.68. The predicted molar refractivity (Wildman–Crippen MR) is 93.3 cm³/mol. The number of carbonyl (C=O) groups excluding carboxylic acids is 2. The van der Waals surface area contributed by atoms with Crippen LogP contribution in [0, 0.1) is 11.3 Å². The van der Waals surface area contributed by atoms with Gasteiger partial charge in [0.15, 0.2) is 0 Å². The predicted octanol–water partition coefficient (Wildman–Crippen LogP) is 3.11. The van der Waals surface area contributed by atoms with Crippen molar-refractivity contribution in [1.29, 1.82) is 5.26 Å². The molecule has 6 nitrogen and oxygen atoms in total. The maximum Gasteiger partial charge on any atom is 0.241 e. The number of amides is 2. The van der Waals surface area contributed by atoms with E-state index in [4.69, 9.17) is 5.26 Å². The van der Waals surface area contributed by atoms with Crippen LogP contribution in [-0.4, -0.2) is 16.8 Å². The summed E-state index contributed by atoms with van der Waals surface area (Å²) in [5.41, 5.74) is 1.87. The van der Waals surface area contributed by atoms with Crippen LogP contribution < -0.4 is 10.2 Å². The molecule has 0 saturated heterocycles. The molecule has 1 aliphatic rings. The molecule has 6 heteroatoms. The highest BCUT2D eigenvalue weighted by Crippen LogP contribution is 2.39. The fourth-order valence-corrected chi connectivity index (χ4v) is 3.01. The fourth-order valence-electron chi connectivity index (χ4n) is 3.01. The summed E-state index contributed by atoms with van der Waals surface area (Å²) < 4.78 is 0. The summed E-state index contributed by atoms with van der Waals surface area (Å²) in [5, 5.41) is 13.7. The molecule has 0 radical (unpaired) electrons. The molecule has 0 bridgehead atoms. The molecular formula is C19H12N4O2. The summed E-state index contributed by atoms with van der Waals surface area (Å²) in [5.74, 6) is -0.721. The summed E-state index contributed by atoms with van der Waals surface area (Å²) in [6, 6.07) is 16.5. The third-order valence-corrected chi connectivity index (χ3v) is 4.09. The van der Waals surface area contributed by atoms with E-state index in [2.05, 4.69) is 10.3 Å². The number of fused-ring (bicyclic) bond motifs is 3. The van der Waals surface area contributed by atoms with Gasteiger partial charge in [0, 0.05) is 11.6 Å². The van der Waals surface area contributed by atoms with Crippen molar-refractivity contribution in [1.82, 2.24) is 4.98 Å². The Bertz CT molecular complexity index is 1070. The Kier molecular flexibility index (Phi) is 3.40. The molecule has 120 valence electrons. The lowest BCUT2D eigenvalue weighted by molar-refractivity contribution is -0.124. The molecule has 0 spiro atoms. The molecule has 4 rings (SSSR count). The lowest BCUT2D eigenvalue weighted by atomic mass is 10.1. The normalized spacial score (nSPS) is 13.8. The topological polar surface area (TPSA) is 86.1 Å². The van der Waals surface area contributed by atoms with Crippen LogP contribution in [0.4, 0.5) is 17.1 Å². The average Bonchev–Trinajstić information content (AvgIpc) is 2.76. The number of nitrogens with zero attached hydrogens (tertiary/aromatic N) is 3. The minimum absolute atomic E-state index is 0.205. The van der Waals surface area contributed by atoms with E-state index in [0.717, 1.165) is 10.8 Å². The molecule has 0 aliphatic carbocycles. The van der Waals surface area contributed by atoms with Crippen molar-refractivity contribution in [2.45, 2.75) is 6.42 Å². The van der Waals surface area contributed by atoms with Gasteiger partial charge in [-0.05, 0) is 23.6 Å². The van der Waals surface area contributed by atoms with E-state index in [-0.39, 0.29) is 23.9 Å². The molecule has 2 heterocycles. The summed E-state index contributed by atoms with van der Waals surface area (Å²) in [6.45, 7) is 0. The van der Waals surface area contributed by atoms with E-state index in [1.165, 1.54) is 17.2 Å². The van der Waals surface area contributed by atoms with Gasteiger partial charge >= 0.3 is 0 Å². The molecule has 0 atom stereocenters. The number of carbonyl (C=O) groups is 2. The highest BCUT2D eigenvalue weighted by molar-refractivity contribution is 6.21. The molecule has 1 aliphatic heterocycles. The van der Waals surface area contributed by atoms with Gasteiger partial charge in [0.05, 0.1) is 17.1 Å². The summed E-state index contributed by atoms with van der Waals surface area (Å²) in [7, 11) is 0. The van der Waals surface area contributed by atoms with Crippen LogP contribution in [0.15, 0.2) is 54.7 Å². The standard InChI is InChI=1S/C19H12N4O2/c20-11-13-9-14(7-8-21-13)23-16-6-5-12-3-1-2-4-15(12)19(16)22-17(24)10-18(23)25/h1-9H,10H2,(H,22,24). The van der Waals surface area contributed by atoms with E-state index in [1.807, 2.05) is 36.4 Å². The molecule has 0 unspecified atom stereocenters. The Morgan fingerprint density at radius 3 is 2.80 bits per heavy atom. The zero-order valence-corrected chi connectivity index (χ0v) is 13.1. The highest BCUT2D eigenvalue weighted by Gasteiger charge is 2.28. The smallest absolute Gasteiger partial charge is 0.241 e. The maximum absolute atomic E-state index is 12.7. The number of pyridine rings is 1. The number of nitriles is 1. The van der Waals surface area contributed by atoms with Gasteiger partial charge in [-0.3, -0.25) is 14.5 Å². The van der Waals surface area contributed by atoms with Crippen molar-refractivity contribution in [3.05, 3.63) is 60.4 Å². The first-order valence-electron chi connectivity index (χ1n) is 7.68. The molecule has 3 aromatic rings. The zero-order valence-electron chi connectivity index (χ0n) is 13.1. The van der Waals surface area contributed by atoms with Gasteiger partial charge in [0.1, 0.15) is 18.2 Å². The first-order chi connectivity index (χ1) is 12.2. The lowest BCUT2D eigenvalue weighted by Gasteiger charge is -2.23. The van der Waals surface area contributed by atoms with Crippen LogP contribution in [0.3, 0.4) is 0 Å². The molecular weight excluding hydrogens is 316 g/mol. The quantitative estimate of drug-likeness (QED) is 0.695. The van der Waals surface area contributed by atoms with Crippen LogP contribution in [0.2, 0.25) is 0 Å². The van der Waals surface area contributed by atoms with Crippen molar-refractivity contribution in [3.63, 3.8) is 0 Å². The van der Waals surface area contributed by atoms with E-state index in [1.54, 1.807) is 12.1 Å². The zero-order chi connectivity index (χ0) is 17.4. The number of anilines is 3. The van der Waals surface area contributed by atoms with Crippen LogP contribution in [0.5, 0.6) is 0 Å². The van der Waals surface area contributed by atoms with Crippen LogP contribution >= 0.6 is 0 Å². The number of nitrogens with one attached hydrogen (secondary N) is 1. The Balaban J connectivity index is 1.99. The molecule has 0 fully saturated rings. The minimum Gasteiger partial charge on any atom is -0.323 e. The molecule has 2 amide bonds. The van der Waals surface area contributed by atoms with E-state index in [0.29, 0.717) is 17.1 Å². The van der Waals surface area contributed by atoms with Crippen LogP contribution in [-0.2, 0) is 9.59 Å². The van der Waals surface area contributed by atoms with Crippen molar-refractivity contribution in [2.75, 3.05) is 10.2 Å². The Morgan fingerprint density at radius 1 is 1.12 bits per heavy atom. The van der Waals surface area contributed by atoms with Gasteiger partial charge < -0.3 is 5.32 Å². The SMILES string of the molecule is N#Cc1cc(N2C(=O)CC(=O)Nc3c2ccc2ccccc32)ccn1. The van der Waals surface area contributed by atoms with Gasteiger partial charge in [-0.25, -0.2) is 4.98 Å². The minimum atomic E-state index is -0.361. The van der Waals surface area contributed by atoms with Gasteiger partial charge in [-0.2, -0.15) is 5.26 Å². The second kappa shape index (κ2) is 5.73. The number of aromatic nitrogens is 1. The Morgan fingerprint density at radius 2 is 1.96 bits per heavy atom. The van der Waals surface area contributed by atoms with Gasteiger partial charge in [-0.1, -0.05) is 30.3 Å². The highest BCUT2D eigenvalue weighted by atomic mass is 16.2. The lowest BCUT2D eigenvalue weighted by Crippen LogP contribution is -2.26. The van der Waals surface area contributed by atoms with Gasteiger partial charge in [-0.15, -0.1) is 0 Å². The molecule has 0 saturated carbocycles. The summed E-state index contributed by atoms with van der Waals surface area (Å²) in [6.07, 6.45) is 1.20. The maximum atomic E-state index is 12.7. The van der Waals surface area contributed by atoms with Crippen LogP contribution in [0.25, 0.3) is 10.8 Å². The number of rotatable bonds is 1. The molecule has 1 N–H and O–H groups in total. The van der Waals surface area contributed by atoms with Crippen LogP contribution in [0.1, 0.15) is 12.1 Å². The first kappa shape index (κ1) is 14.8. The fraction of sp³-hybridized carbons (Fsp3) is 0.0526.